The van der Waals surface area contributed by atoms with Gasteiger partial charge in [0, 0.05) is 13.0 Å². The molecule has 0 fully saturated rings. The molecule has 0 saturated heterocycles. The summed E-state index contributed by atoms with van der Waals surface area (Å²) in [6.45, 7) is 2.42. The van der Waals surface area contributed by atoms with Gasteiger partial charge < -0.3 is 15.4 Å². The molecule has 2 aromatic carbocycles. The van der Waals surface area contributed by atoms with Crippen molar-refractivity contribution < 1.29 is 9.90 Å². The van der Waals surface area contributed by atoms with Crippen LogP contribution >= 0.6 is 0 Å². The van der Waals surface area contributed by atoms with Crippen molar-refractivity contribution >= 4 is 6.09 Å². The SMILES string of the molecule is Cc1ccc(-c2ccc(-c3cnc(CCNC(=O)O)[nH]3)cc2)cc1. The van der Waals surface area contributed by atoms with Crippen molar-refractivity contribution in [3.63, 3.8) is 0 Å². The number of carboxylic acid groups (broad SMARTS) is 1. The zero-order valence-electron chi connectivity index (χ0n) is 13.4. The molecule has 0 aliphatic rings. The Balaban J connectivity index is 1.70. The van der Waals surface area contributed by atoms with Crippen LogP contribution in [0.4, 0.5) is 4.79 Å². The summed E-state index contributed by atoms with van der Waals surface area (Å²) < 4.78 is 0. The van der Waals surface area contributed by atoms with Crippen molar-refractivity contribution in [2.24, 2.45) is 0 Å². The number of imidazole rings is 1. The van der Waals surface area contributed by atoms with Crippen LogP contribution < -0.4 is 5.32 Å². The third-order valence-corrected chi connectivity index (χ3v) is 3.85. The van der Waals surface area contributed by atoms with Gasteiger partial charge in [-0.15, -0.1) is 0 Å². The van der Waals surface area contributed by atoms with E-state index in [1.807, 2.05) is 0 Å². The summed E-state index contributed by atoms with van der Waals surface area (Å²) in [7, 11) is 0. The molecular weight excluding hydrogens is 302 g/mol. The number of hydrogen-bond donors (Lipinski definition) is 3. The summed E-state index contributed by atoms with van der Waals surface area (Å²) in [6, 6.07) is 16.7. The minimum atomic E-state index is -1.02. The second-order valence-electron chi connectivity index (χ2n) is 5.67. The Labute approximate surface area is 140 Å². The fourth-order valence-electron chi connectivity index (χ4n) is 2.51. The van der Waals surface area contributed by atoms with Crippen LogP contribution in [-0.2, 0) is 6.42 Å². The van der Waals surface area contributed by atoms with Gasteiger partial charge in [0.2, 0.25) is 0 Å². The van der Waals surface area contributed by atoms with Crippen LogP contribution in [0.1, 0.15) is 11.4 Å². The number of aryl methyl sites for hydroxylation is 1. The van der Waals surface area contributed by atoms with Crippen LogP contribution in [0.5, 0.6) is 0 Å². The smallest absolute Gasteiger partial charge is 0.404 e. The van der Waals surface area contributed by atoms with Crippen molar-refractivity contribution in [3.8, 4) is 22.4 Å². The summed E-state index contributed by atoms with van der Waals surface area (Å²) >= 11 is 0. The summed E-state index contributed by atoms with van der Waals surface area (Å²) in [4.78, 5) is 18.0. The molecule has 0 aliphatic carbocycles. The lowest BCUT2D eigenvalue weighted by Gasteiger charge is -2.04. The molecule has 0 atom stereocenters. The first-order valence-corrected chi connectivity index (χ1v) is 7.80. The minimum Gasteiger partial charge on any atom is -0.465 e. The molecule has 24 heavy (non-hydrogen) atoms. The molecule has 1 amide bonds. The van der Waals surface area contributed by atoms with Gasteiger partial charge in [-0.1, -0.05) is 54.1 Å². The van der Waals surface area contributed by atoms with Crippen molar-refractivity contribution in [1.29, 1.82) is 0 Å². The highest BCUT2D eigenvalue weighted by Crippen LogP contribution is 2.24. The van der Waals surface area contributed by atoms with E-state index in [1.165, 1.54) is 16.7 Å². The zero-order chi connectivity index (χ0) is 16.9. The van der Waals surface area contributed by atoms with Crippen LogP contribution in [-0.4, -0.2) is 27.7 Å². The average Bonchev–Trinajstić information content (AvgIpc) is 3.04. The van der Waals surface area contributed by atoms with Gasteiger partial charge in [-0.2, -0.15) is 0 Å². The number of amides is 1. The Morgan fingerprint density at radius 1 is 1.04 bits per heavy atom. The van der Waals surface area contributed by atoms with E-state index in [-0.39, 0.29) is 0 Å². The van der Waals surface area contributed by atoms with E-state index in [9.17, 15) is 4.79 Å². The Morgan fingerprint density at radius 2 is 1.62 bits per heavy atom. The van der Waals surface area contributed by atoms with Gasteiger partial charge in [0.05, 0.1) is 11.9 Å². The predicted octanol–water partition coefficient (Wildman–Crippen LogP) is 3.86. The fraction of sp³-hybridized carbons (Fsp3) is 0.158. The Hall–Kier alpha value is -3.08. The number of carbonyl (C=O) groups is 1. The summed E-state index contributed by atoms with van der Waals surface area (Å²) in [5.74, 6) is 0.765. The van der Waals surface area contributed by atoms with E-state index >= 15 is 0 Å². The second-order valence-corrected chi connectivity index (χ2v) is 5.67. The molecule has 3 rings (SSSR count). The van der Waals surface area contributed by atoms with Gasteiger partial charge >= 0.3 is 6.09 Å². The first kappa shape index (κ1) is 15.8. The predicted molar refractivity (Wildman–Crippen MR) is 93.9 cm³/mol. The average molecular weight is 321 g/mol. The number of hydrogen-bond acceptors (Lipinski definition) is 2. The number of nitrogens with one attached hydrogen (secondary N) is 2. The molecule has 0 spiro atoms. The molecule has 1 heterocycles. The molecule has 3 aromatic rings. The molecule has 1 aromatic heterocycles. The highest BCUT2D eigenvalue weighted by atomic mass is 16.4. The second kappa shape index (κ2) is 7.00. The van der Waals surface area contributed by atoms with Crippen molar-refractivity contribution in [3.05, 3.63) is 66.1 Å². The first-order valence-electron chi connectivity index (χ1n) is 7.80. The number of aromatic nitrogens is 2. The van der Waals surface area contributed by atoms with Crippen molar-refractivity contribution in [2.75, 3.05) is 6.54 Å². The topological polar surface area (TPSA) is 78.0 Å². The van der Waals surface area contributed by atoms with Crippen LogP contribution in [0.15, 0.2) is 54.7 Å². The largest absolute Gasteiger partial charge is 0.465 e. The minimum absolute atomic E-state index is 0.342. The maximum Gasteiger partial charge on any atom is 0.404 e. The number of H-pyrrole nitrogens is 1. The van der Waals surface area contributed by atoms with Gasteiger partial charge in [0.1, 0.15) is 5.82 Å². The summed E-state index contributed by atoms with van der Waals surface area (Å²) in [5.41, 5.74) is 5.59. The molecule has 5 nitrogen and oxygen atoms in total. The summed E-state index contributed by atoms with van der Waals surface area (Å²) in [5, 5.41) is 10.9. The van der Waals surface area contributed by atoms with Crippen LogP contribution in [0.3, 0.4) is 0 Å². The molecular formula is C19H19N3O2. The fourth-order valence-corrected chi connectivity index (χ4v) is 2.51. The Bertz CT molecular complexity index is 821. The van der Waals surface area contributed by atoms with Gasteiger partial charge in [0.15, 0.2) is 0 Å². The molecule has 0 saturated carbocycles. The number of benzene rings is 2. The quantitative estimate of drug-likeness (QED) is 0.667. The molecule has 0 unspecified atom stereocenters. The lowest BCUT2D eigenvalue weighted by Crippen LogP contribution is -2.23. The highest BCUT2D eigenvalue weighted by molar-refractivity contribution is 5.68. The lowest BCUT2D eigenvalue weighted by molar-refractivity contribution is 0.194. The van der Waals surface area contributed by atoms with E-state index in [4.69, 9.17) is 5.11 Å². The van der Waals surface area contributed by atoms with E-state index < -0.39 is 6.09 Å². The highest BCUT2D eigenvalue weighted by Gasteiger charge is 2.05. The van der Waals surface area contributed by atoms with Gasteiger partial charge in [-0.3, -0.25) is 0 Å². The lowest BCUT2D eigenvalue weighted by atomic mass is 10.0. The number of rotatable bonds is 5. The third-order valence-electron chi connectivity index (χ3n) is 3.85. The summed E-state index contributed by atoms with van der Waals surface area (Å²) in [6.07, 6.45) is 1.29. The third kappa shape index (κ3) is 3.81. The Kier molecular flexibility index (Phi) is 4.61. The normalized spacial score (nSPS) is 10.5. The standard InChI is InChI=1S/C19H19N3O2/c1-13-2-4-14(5-3-13)15-6-8-16(9-7-15)17-12-21-18(22-17)10-11-20-19(23)24/h2-9,12,20H,10-11H2,1H3,(H,21,22)(H,23,24). The molecule has 122 valence electrons. The van der Waals surface area contributed by atoms with Crippen molar-refractivity contribution in [1.82, 2.24) is 15.3 Å². The zero-order valence-corrected chi connectivity index (χ0v) is 13.4. The molecule has 0 radical (unpaired) electrons. The van der Waals surface area contributed by atoms with E-state index in [2.05, 4.69) is 70.7 Å². The Morgan fingerprint density at radius 3 is 2.25 bits per heavy atom. The van der Waals surface area contributed by atoms with Crippen LogP contribution in [0.2, 0.25) is 0 Å². The van der Waals surface area contributed by atoms with Crippen LogP contribution in [0, 0.1) is 6.92 Å². The van der Waals surface area contributed by atoms with Gasteiger partial charge in [-0.05, 0) is 23.6 Å². The van der Waals surface area contributed by atoms with Gasteiger partial charge in [0.25, 0.3) is 0 Å². The molecule has 3 N–H and O–H groups in total. The molecule has 0 bridgehead atoms. The number of aromatic amines is 1. The number of nitrogens with zero attached hydrogens (tertiary/aromatic N) is 1. The monoisotopic (exact) mass is 321 g/mol. The maximum atomic E-state index is 10.4. The van der Waals surface area contributed by atoms with Crippen LogP contribution in [0.25, 0.3) is 22.4 Å². The maximum absolute atomic E-state index is 10.4. The van der Waals surface area contributed by atoms with Crippen molar-refractivity contribution in [2.45, 2.75) is 13.3 Å². The molecule has 5 heteroatoms. The van der Waals surface area contributed by atoms with E-state index in [1.54, 1.807) is 6.20 Å². The van der Waals surface area contributed by atoms with E-state index in [0.29, 0.717) is 13.0 Å². The van der Waals surface area contributed by atoms with Gasteiger partial charge in [-0.25, -0.2) is 9.78 Å². The first-order chi connectivity index (χ1) is 11.6. The van der Waals surface area contributed by atoms with E-state index in [0.717, 1.165) is 17.1 Å². The molecule has 0 aliphatic heterocycles.